The van der Waals surface area contributed by atoms with Crippen LogP contribution in [0.1, 0.15) is 0 Å². The van der Waals surface area contributed by atoms with Crippen LogP contribution >= 0.6 is 23.2 Å². The van der Waals surface area contributed by atoms with Gasteiger partial charge in [0.1, 0.15) is 0 Å². The smallest absolute Gasteiger partial charge is 0.245 e. The van der Waals surface area contributed by atoms with E-state index in [2.05, 4.69) is 25.6 Å². The fourth-order valence-corrected chi connectivity index (χ4v) is 1.40. The SMILES string of the molecule is Clc1nnc(Cl)c(NCCn2cccn2)n1. The Hall–Kier alpha value is -1.40. The van der Waals surface area contributed by atoms with Crippen LogP contribution in [0.4, 0.5) is 5.82 Å². The van der Waals surface area contributed by atoms with E-state index in [1.54, 1.807) is 10.9 Å². The Kier molecular flexibility index (Phi) is 3.53. The van der Waals surface area contributed by atoms with Crippen LogP contribution < -0.4 is 5.32 Å². The largest absolute Gasteiger partial charge is 0.365 e. The molecule has 0 fully saturated rings. The van der Waals surface area contributed by atoms with E-state index in [9.17, 15) is 0 Å². The van der Waals surface area contributed by atoms with E-state index in [1.807, 2.05) is 12.3 Å². The third-order valence-corrected chi connectivity index (χ3v) is 2.23. The molecule has 0 saturated heterocycles. The molecule has 2 aromatic heterocycles. The Labute approximate surface area is 102 Å². The molecule has 0 aromatic carbocycles. The van der Waals surface area contributed by atoms with Crippen LogP contribution in [0.25, 0.3) is 0 Å². The highest BCUT2D eigenvalue weighted by atomic mass is 35.5. The molecule has 0 atom stereocenters. The molecule has 1 N–H and O–H groups in total. The average molecular weight is 259 g/mol. The van der Waals surface area contributed by atoms with Crippen molar-refractivity contribution in [2.75, 3.05) is 11.9 Å². The van der Waals surface area contributed by atoms with Crippen molar-refractivity contribution in [2.45, 2.75) is 6.54 Å². The minimum atomic E-state index is 0.0611. The van der Waals surface area contributed by atoms with Crippen LogP contribution in [0, 0.1) is 0 Å². The van der Waals surface area contributed by atoms with E-state index in [-0.39, 0.29) is 10.4 Å². The molecule has 0 aliphatic carbocycles. The monoisotopic (exact) mass is 258 g/mol. The number of halogens is 2. The highest BCUT2D eigenvalue weighted by Crippen LogP contribution is 2.15. The van der Waals surface area contributed by atoms with Gasteiger partial charge in [-0.1, -0.05) is 11.6 Å². The number of nitrogens with zero attached hydrogens (tertiary/aromatic N) is 5. The molecule has 0 saturated carbocycles. The molecule has 2 heterocycles. The van der Waals surface area contributed by atoms with Crippen molar-refractivity contribution < 1.29 is 0 Å². The minimum Gasteiger partial charge on any atom is -0.365 e. The fourth-order valence-electron chi connectivity index (χ4n) is 1.13. The fraction of sp³-hybridized carbons (Fsp3) is 0.250. The quantitative estimate of drug-likeness (QED) is 0.900. The van der Waals surface area contributed by atoms with Crippen molar-refractivity contribution in [2.24, 2.45) is 0 Å². The molecule has 0 radical (unpaired) electrons. The van der Waals surface area contributed by atoms with Crippen LogP contribution in [0.15, 0.2) is 18.5 Å². The number of hydrogen-bond donors (Lipinski definition) is 1. The lowest BCUT2D eigenvalue weighted by atomic mass is 10.6. The van der Waals surface area contributed by atoms with Crippen molar-refractivity contribution in [3.8, 4) is 0 Å². The molecule has 0 spiro atoms. The van der Waals surface area contributed by atoms with E-state index >= 15 is 0 Å². The average Bonchev–Trinajstić information content (AvgIpc) is 2.76. The second-order valence-corrected chi connectivity index (χ2v) is 3.61. The summed E-state index contributed by atoms with van der Waals surface area (Å²) in [6.45, 7) is 1.32. The zero-order valence-electron chi connectivity index (χ0n) is 8.14. The van der Waals surface area contributed by atoms with Crippen LogP contribution in [0.3, 0.4) is 0 Å². The van der Waals surface area contributed by atoms with E-state index in [0.717, 1.165) is 0 Å². The molecule has 6 nitrogen and oxygen atoms in total. The Morgan fingerprint density at radius 1 is 1.31 bits per heavy atom. The molecule has 84 valence electrons. The zero-order valence-corrected chi connectivity index (χ0v) is 9.65. The number of nitrogens with one attached hydrogen (secondary N) is 1. The van der Waals surface area contributed by atoms with Gasteiger partial charge < -0.3 is 5.32 Å². The molecular formula is C8H8Cl2N6. The summed E-state index contributed by atoms with van der Waals surface area (Å²) in [6.07, 6.45) is 3.59. The summed E-state index contributed by atoms with van der Waals surface area (Å²) in [7, 11) is 0. The van der Waals surface area contributed by atoms with Gasteiger partial charge in [0.05, 0.1) is 6.54 Å². The highest BCUT2D eigenvalue weighted by Gasteiger charge is 2.04. The van der Waals surface area contributed by atoms with Crippen LogP contribution in [0.2, 0.25) is 10.4 Å². The van der Waals surface area contributed by atoms with Gasteiger partial charge in [-0.25, -0.2) is 0 Å². The molecule has 0 amide bonds. The van der Waals surface area contributed by atoms with Gasteiger partial charge in [0.15, 0.2) is 11.0 Å². The first-order valence-electron chi connectivity index (χ1n) is 4.53. The number of hydrogen-bond acceptors (Lipinski definition) is 5. The summed E-state index contributed by atoms with van der Waals surface area (Å²) < 4.78 is 1.79. The molecule has 0 unspecified atom stereocenters. The summed E-state index contributed by atoms with van der Waals surface area (Å²) in [5.41, 5.74) is 0. The third-order valence-electron chi connectivity index (χ3n) is 1.81. The lowest BCUT2D eigenvalue weighted by Crippen LogP contribution is -2.12. The van der Waals surface area contributed by atoms with Gasteiger partial charge in [-0.3, -0.25) is 4.68 Å². The lowest BCUT2D eigenvalue weighted by molar-refractivity contribution is 0.636. The molecule has 0 aliphatic heterocycles. The van der Waals surface area contributed by atoms with Crippen molar-refractivity contribution in [1.82, 2.24) is 25.0 Å². The number of rotatable bonds is 4. The second-order valence-electron chi connectivity index (χ2n) is 2.92. The van der Waals surface area contributed by atoms with Gasteiger partial charge in [-0.2, -0.15) is 10.1 Å². The topological polar surface area (TPSA) is 68.5 Å². The minimum absolute atomic E-state index is 0.0611. The molecule has 0 bridgehead atoms. The van der Waals surface area contributed by atoms with Crippen molar-refractivity contribution in [1.29, 1.82) is 0 Å². The molecule has 8 heteroatoms. The summed E-state index contributed by atoms with van der Waals surface area (Å²) >= 11 is 11.4. The van der Waals surface area contributed by atoms with Gasteiger partial charge in [-0.05, 0) is 17.7 Å². The lowest BCUT2D eigenvalue weighted by Gasteiger charge is -2.06. The Morgan fingerprint density at radius 2 is 2.19 bits per heavy atom. The second kappa shape index (κ2) is 5.09. The Morgan fingerprint density at radius 3 is 2.94 bits per heavy atom. The third kappa shape index (κ3) is 2.80. The van der Waals surface area contributed by atoms with Gasteiger partial charge in [0.25, 0.3) is 0 Å². The summed E-state index contributed by atoms with van der Waals surface area (Å²) in [4.78, 5) is 3.91. The van der Waals surface area contributed by atoms with Gasteiger partial charge in [0, 0.05) is 18.9 Å². The first kappa shape index (κ1) is 11.1. The molecule has 2 aromatic rings. The van der Waals surface area contributed by atoms with Gasteiger partial charge in [0.2, 0.25) is 5.28 Å². The van der Waals surface area contributed by atoms with Crippen molar-refractivity contribution in [3.63, 3.8) is 0 Å². The van der Waals surface area contributed by atoms with Crippen molar-refractivity contribution in [3.05, 3.63) is 28.9 Å². The van der Waals surface area contributed by atoms with E-state index in [4.69, 9.17) is 23.2 Å². The summed E-state index contributed by atoms with van der Waals surface area (Å²) in [5, 5.41) is 14.5. The molecule has 2 rings (SSSR count). The maximum absolute atomic E-state index is 5.78. The standard InChI is InChI=1S/C8H8Cl2N6/c9-6-7(13-8(10)15-14-6)11-3-5-16-4-1-2-12-16/h1-2,4H,3,5H2,(H,11,13,15). The molecular weight excluding hydrogens is 251 g/mol. The van der Waals surface area contributed by atoms with Gasteiger partial charge in [-0.15, -0.1) is 10.2 Å². The Balaban J connectivity index is 1.92. The summed E-state index contributed by atoms with van der Waals surface area (Å²) in [6, 6.07) is 1.86. The predicted molar refractivity (Wildman–Crippen MR) is 60.6 cm³/mol. The first-order chi connectivity index (χ1) is 7.75. The zero-order chi connectivity index (χ0) is 11.4. The molecule has 0 aliphatic rings. The molecule has 16 heavy (non-hydrogen) atoms. The van der Waals surface area contributed by atoms with Crippen LogP contribution in [0.5, 0.6) is 0 Å². The van der Waals surface area contributed by atoms with Crippen LogP contribution in [-0.4, -0.2) is 31.5 Å². The normalized spacial score (nSPS) is 10.4. The van der Waals surface area contributed by atoms with E-state index in [0.29, 0.717) is 18.9 Å². The Bertz CT molecular complexity index is 458. The van der Waals surface area contributed by atoms with Gasteiger partial charge >= 0.3 is 0 Å². The maximum atomic E-state index is 5.78. The predicted octanol–water partition coefficient (Wildman–Crippen LogP) is 1.49. The number of anilines is 1. The highest BCUT2D eigenvalue weighted by molar-refractivity contribution is 6.32. The van der Waals surface area contributed by atoms with E-state index < -0.39 is 0 Å². The summed E-state index contributed by atoms with van der Waals surface area (Å²) in [5.74, 6) is 0.425. The number of aromatic nitrogens is 5. The first-order valence-corrected chi connectivity index (χ1v) is 5.28. The van der Waals surface area contributed by atoms with Crippen LogP contribution in [-0.2, 0) is 6.54 Å². The van der Waals surface area contributed by atoms with Crippen molar-refractivity contribution >= 4 is 29.0 Å². The van der Waals surface area contributed by atoms with E-state index in [1.165, 1.54) is 0 Å². The maximum Gasteiger partial charge on any atom is 0.245 e.